The van der Waals surface area contributed by atoms with Crippen LogP contribution in [0.3, 0.4) is 0 Å². The molecule has 0 saturated carbocycles. The summed E-state index contributed by atoms with van der Waals surface area (Å²) in [5, 5.41) is 2.52. The Morgan fingerprint density at radius 3 is 2.42 bits per heavy atom. The Kier molecular flexibility index (Phi) is 6.40. The summed E-state index contributed by atoms with van der Waals surface area (Å²) in [5.74, 6) is -0.0524. The minimum absolute atomic E-state index is 0.0654. The normalized spacial score (nSPS) is 16.8. The molecular weight excluding hydrogens is 435 g/mol. The molecular formula is C24H24F3N3O3. The quantitative estimate of drug-likeness (QED) is 0.714. The van der Waals surface area contributed by atoms with E-state index in [0.717, 1.165) is 30.5 Å². The molecule has 2 aromatic carbocycles. The number of halogens is 3. The van der Waals surface area contributed by atoms with Gasteiger partial charge in [-0.3, -0.25) is 9.59 Å². The number of amides is 3. The lowest BCUT2D eigenvalue weighted by Gasteiger charge is -2.23. The summed E-state index contributed by atoms with van der Waals surface area (Å²) in [6, 6.07) is 9.17. The van der Waals surface area contributed by atoms with Gasteiger partial charge in [-0.25, -0.2) is 4.79 Å². The summed E-state index contributed by atoms with van der Waals surface area (Å²) >= 11 is 0. The number of carbonyl (C=O) groups is 3. The molecule has 0 atom stereocenters. The van der Waals surface area contributed by atoms with E-state index in [2.05, 4.69) is 5.32 Å². The van der Waals surface area contributed by atoms with Gasteiger partial charge in [0.1, 0.15) is 0 Å². The second-order valence-electron chi connectivity index (χ2n) is 8.29. The van der Waals surface area contributed by atoms with Crippen LogP contribution in [0, 0.1) is 0 Å². The monoisotopic (exact) mass is 459 g/mol. The molecule has 0 spiro atoms. The van der Waals surface area contributed by atoms with Crippen LogP contribution in [0.15, 0.2) is 42.5 Å². The van der Waals surface area contributed by atoms with Gasteiger partial charge in [0.15, 0.2) is 5.78 Å². The fraction of sp³-hybridized carbons (Fsp3) is 0.375. The van der Waals surface area contributed by atoms with Crippen molar-refractivity contribution in [3.8, 4) is 0 Å². The number of carbonyl (C=O) groups excluding carboxylic acids is 3. The molecule has 0 aromatic heterocycles. The minimum atomic E-state index is -4.49. The highest BCUT2D eigenvalue weighted by Gasteiger charge is 2.31. The second kappa shape index (κ2) is 9.25. The third-order valence-electron chi connectivity index (χ3n) is 6.01. The van der Waals surface area contributed by atoms with Crippen molar-refractivity contribution in [1.29, 1.82) is 0 Å². The highest BCUT2D eigenvalue weighted by Crippen LogP contribution is 2.30. The van der Waals surface area contributed by atoms with Gasteiger partial charge in [-0.15, -0.1) is 0 Å². The van der Waals surface area contributed by atoms with Gasteiger partial charge in [0.25, 0.3) is 5.91 Å². The number of anilines is 1. The van der Waals surface area contributed by atoms with Crippen LogP contribution in [-0.4, -0.2) is 53.7 Å². The average Bonchev–Trinajstić information content (AvgIpc) is 3.05. The van der Waals surface area contributed by atoms with E-state index in [9.17, 15) is 27.6 Å². The zero-order valence-corrected chi connectivity index (χ0v) is 18.0. The fourth-order valence-corrected chi connectivity index (χ4v) is 4.26. The molecule has 0 bridgehead atoms. The van der Waals surface area contributed by atoms with E-state index >= 15 is 0 Å². The number of alkyl halides is 3. The average molecular weight is 459 g/mol. The third kappa shape index (κ3) is 5.18. The first-order valence-corrected chi connectivity index (χ1v) is 10.9. The lowest BCUT2D eigenvalue weighted by atomic mass is 9.89. The van der Waals surface area contributed by atoms with E-state index in [-0.39, 0.29) is 23.9 Å². The van der Waals surface area contributed by atoms with Gasteiger partial charge in [0.05, 0.1) is 5.56 Å². The molecule has 33 heavy (non-hydrogen) atoms. The highest BCUT2D eigenvalue weighted by atomic mass is 19.4. The number of Topliss-reactive ketones (excluding diaryl/α,β-unsaturated/α-hetero) is 1. The summed E-state index contributed by atoms with van der Waals surface area (Å²) in [6.45, 7) is 1.42. The molecule has 2 aliphatic rings. The van der Waals surface area contributed by atoms with Crippen LogP contribution in [0.25, 0.3) is 0 Å². The fourth-order valence-electron chi connectivity index (χ4n) is 4.26. The van der Waals surface area contributed by atoms with Crippen molar-refractivity contribution < 1.29 is 27.6 Å². The van der Waals surface area contributed by atoms with Gasteiger partial charge in [0.2, 0.25) is 0 Å². The standard InChI is InChI=1S/C24H24F3N3O3/c25-24(26,27)18-5-2-6-19(15-18)28-23(33)30-11-3-10-29(12-13-30)22(32)17-8-9-20-16(14-17)4-1-7-21(20)31/h2,5-6,8-9,14-15H,1,3-4,7,10-13H2,(H,28,33). The van der Waals surface area contributed by atoms with Crippen LogP contribution in [0.4, 0.5) is 23.7 Å². The van der Waals surface area contributed by atoms with E-state index in [1.807, 2.05) is 0 Å². The van der Waals surface area contributed by atoms with Crippen LogP contribution in [0.2, 0.25) is 0 Å². The predicted molar refractivity (Wildman–Crippen MR) is 116 cm³/mol. The maximum atomic E-state index is 13.0. The van der Waals surface area contributed by atoms with Crippen molar-refractivity contribution >= 4 is 23.4 Å². The molecule has 1 N–H and O–H groups in total. The lowest BCUT2D eigenvalue weighted by molar-refractivity contribution is -0.137. The van der Waals surface area contributed by atoms with E-state index < -0.39 is 17.8 Å². The number of nitrogens with one attached hydrogen (secondary N) is 1. The zero-order valence-electron chi connectivity index (χ0n) is 18.0. The van der Waals surface area contributed by atoms with Crippen LogP contribution in [0.5, 0.6) is 0 Å². The van der Waals surface area contributed by atoms with E-state index in [0.29, 0.717) is 43.6 Å². The maximum absolute atomic E-state index is 13.0. The predicted octanol–water partition coefficient (Wildman–Crippen LogP) is 4.60. The summed E-state index contributed by atoms with van der Waals surface area (Å²) in [5.41, 5.74) is 1.33. The van der Waals surface area contributed by atoms with Crippen LogP contribution in [-0.2, 0) is 12.6 Å². The Morgan fingerprint density at radius 1 is 0.879 bits per heavy atom. The molecule has 1 aliphatic carbocycles. The molecule has 6 nitrogen and oxygen atoms in total. The van der Waals surface area contributed by atoms with Crippen molar-refractivity contribution in [2.45, 2.75) is 31.9 Å². The van der Waals surface area contributed by atoms with Crippen molar-refractivity contribution in [3.63, 3.8) is 0 Å². The van der Waals surface area contributed by atoms with E-state index in [1.165, 1.54) is 17.0 Å². The number of nitrogens with zero attached hydrogens (tertiary/aromatic N) is 2. The largest absolute Gasteiger partial charge is 0.416 e. The first kappa shape index (κ1) is 22.8. The molecule has 0 radical (unpaired) electrons. The lowest BCUT2D eigenvalue weighted by Crippen LogP contribution is -2.39. The van der Waals surface area contributed by atoms with Gasteiger partial charge in [-0.05, 0) is 55.2 Å². The summed E-state index contributed by atoms with van der Waals surface area (Å²) in [7, 11) is 0. The van der Waals surface area contributed by atoms with Crippen molar-refractivity contribution in [2.24, 2.45) is 0 Å². The first-order valence-electron chi connectivity index (χ1n) is 10.9. The molecule has 174 valence electrons. The van der Waals surface area contributed by atoms with Gasteiger partial charge in [-0.2, -0.15) is 13.2 Å². The molecule has 0 unspecified atom stereocenters. The molecule has 4 rings (SSSR count). The summed E-state index contributed by atoms with van der Waals surface area (Å²) in [6.07, 6.45) is -1.86. The zero-order chi connectivity index (χ0) is 23.6. The number of fused-ring (bicyclic) bond motifs is 1. The van der Waals surface area contributed by atoms with Crippen molar-refractivity contribution in [2.75, 3.05) is 31.5 Å². The van der Waals surface area contributed by atoms with E-state index in [1.54, 1.807) is 23.1 Å². The Morgan fingerprint density at radius 2 is 1.64 bits per heavy atom. The minimum Gasteiger partial charge on any atom is -0.337 e. The summed E-state index contributed by atoms with van der Waals surface area (Å²) in [4.78, 5) is 40.8. The number of hydrogen-bond acceptors (Lipinski definition) is 3. The Bertz CT molecular complexity index is 1080. The number of ketones is 1. The first-order chi connectivity index (χ1) is 15.7. The highest BCUT2D eigenvalue weighted by molar-refractivity contribution is 6.01. The Labute approximate surface area is 189 Å². The maximum Gasteiger partial charge on any atom is 0.416 e. The molecule has 1 fully saturated rings. The number of rotatable bonds is 2. The molecule has 1 heterocycles. The van der Waals surface area contributed by atoms with Crippen LogP contribution in [0.1, 0.15) is 51.1 Å². The van der Waals surface area contributed by atoms with Gasteiger partial charge in [0, 0.05) is 49.4 Å². The smallest absolute Gasteiger partial charge is 0.337 e. The molecule has 3 amide bonds. The Balaban J connectivity index is 1.39. The molecule has 2 aromatic rings. The van der Waals surface area contributed by atoms with Gasteiger partial charge in [-0.1, -0.05) is 12.1 Å². The van der Waals surface area contributed by atoms with Gasteiger partial charge < -0.3 is 15.1 Å². The Hall–Kier alpha value is -3.36. The van der Waals surface area contributed by atoms with Crippen molar-refractivity contribution in [3.05, 3.63) is 64.7 Å². The van der Waals surface area contributed by atoms with Crippen LogP contribution < -0.4 is 5.32 Å². The second-order valence-corrected chi connectivity index (χ2v) is 8.29. The molecule has 1 aliphatic heterocycles. The van der Waals surface area contributed by atoms with Crippen molar-refractivity contribution in [1.82, 2.24) is 9.80 Å². The van der Waals surface area contributed by atoms with E-state index in [4.69, 9.17) is 0 Å². The number of hydrogen-bond donors (Lipinski definition) is 1. The molecule has 1 saturated heterocycles. The number of urea groups is 1. The molecule has 9 heteroatoms. The third-order valence-corrected chi connectivity index (χ3v) is 6.01. The SMILES string of the molecule is O=C1CCCc2cc(C(=O)N3CCCN(C(=O)Nc4cccc(C(F)(F)F)c4)CC3)ccc21. The topological polar surface area (TPSA) is 69.7 Å². The van der Waals surface area contributed by atoms with Crippen LogP contribution >= 0.6 is 0 Å². The number of benzene rings is 2. The summed E-state index contributed by atoms with van der Waals surface area (Å²) < 4.78 is 38.7. The van der Waals surface area contributed by atoms with Gasteiger partial charge >= 0.3 is 12.2 Å². The number of aryl methyl sites for hydroxylation is 1.